The number of hydrogen-bond donors (Lipinski definition) is 2. The fraction of sp³-hybridized carbons (Fsp3) is 0.182. The highest BCUT2D eigenvalue weighted by atomic mass is 79.9. The number of nitrogens with one attached hydrogen (secondary N) is 2. The van der Waals surface area contributed by atoms with Gasteiger partial charge in [-0.25, -0.2) is 9.49 Å². The minimum atomic E-state index is -0.444. The fourth-order valence-corrected chi connectivity index (χ4v) is 1.76. The number of methoxy groups -OCH3 is 1. The third kappa shape index (κ3) is 3.67. The molecule has 0 atom stereocenters. The van der Waals surface area contributed by atoms with Crippen molar-refractivity contribution >= 4 is 27.8 Å². The van der Waals surface area contributed by atoms with E-state index in [1.54, 1.807) is 0 Å². The highest BCUT2D eigenvalue weighted by Crippen LogP contribution is 2.25. The summed E-state index contributed by atoms with van der Waals surface area (Å²) in [6.07, 6.45) is 0. The van der Waals surface area contributed by atoms with Gasteiger partial charge in [0.05, 0.1) is 11.6 Å². The first-order chi connectivity index (χ1) is 9.58. The number of carbonyl (C=O) groups is 1. The molecule has 0 saturated carbocycles. The molecule has 0 unspecified atom stereocenters. The SMILES string of the molecule is COc1n[nH]c(NC(=O)COc2ccc(F)cc2Br)n1. The predicted octanol–water partition coefficient (Wildman–Crippen LogP) is 1.73. The van der Waals surface area contributed by atoms with Gasteiger partial charge in [0.25, 0.3) is 5.91 Å². The Morgan fingerprint density at radius 1 is 1.55 bits per heavy atom. The van der Waals surface area contributed by atoms with Crippen LogP contribution < -0.4 is 14.8 Å². The van der Waals surface area contributed by atoms with Crippen LogP contribution in [-0.4, -0.2) is 34.8 Å². The normalized spacial score (nSPS) is 10.2. The Labute approximate surface area is 121 Å². The van der Waals surface area contributed by atoms with Crippen LogP contribution in [0.2, 0.25) is 0 Å². The van der Waals surface area contributed by atoms with Gasteiger partial charge in [-0.15, -0.1) is 5.10 Å². The first kappa shape index (κ1) is 14.3. The lowest BCUT2D eigenvalue weighted by Crippen LogP contribution is -2.21. The van der Waals surface area contributed by atoms with Gasteiger partial charge in [-0.05, 0) is 34.1 Å². The summed E-state index contributed by atoms with van der Waals surface area (Å²) in [5, 5.41) is 8.57. The van der Waals surface area contributed by atoms with Crippen LogP contribution in [0.3, 0.4) is 0 Å². The number of rotatable bonds is 5. The van der Waals surface area contributed by atoms with Crippen LogP contribution in [0, 0.1) is 5.82 Å². The standard InChI is InChI=1S/C11H10BrFN4O3/c1-19-11-15-10(16-17-11)14-9(18)5-20-8-3-2-6(13)4-7(8)12/h2-4H,5H2,1H3,(H2,14,15,16,17,18). The number of aromatic amines is 1. The molecule has 0 aliphatic rings. The Kier molecular flexibility index (Phi) is 4.51. The van der Waals surface area contributed by atoms with Gasteiger partial charge >= 0.3 is 6.01 Å². The lowest BCUT2D eigenvalue weighted by atomic mass is 10.3. The second kappa shape index (κ2) is 6.33. The maximum absolute atomic E-state index is 12.9. The van der Waals surface area contributed by atoms with Crippen molar-refractivity contribution in [2.24, 2.45) is 0 Å². The smallest absolute Gasteiger partial charge is 0.336 e. The van der Waals surface area contributed by atoms with Crippen LogP contribution >= 0.6 is 15.9 Å². The zero-order chi connectivity index (χ0) is 14.5. The van der Waals surface area contributed by atoms with Crippen LogP contribution in [0.1, 0.15) is 0 Å². The molecule has 0 radical (unpaired) electrons. The van der Waals surface area contributed by atoms with E-state index in [1.807, 2.05) is 0 Å². The second-order valence-corrected chi connectivity index (χ2v) is 4.44. The third-order valence-corrected chi connectivity index (χ3v) is 2.78. The fourth-order valence-electron chi connectivity index (χ4n) is 1.30. The van der Waals surface area contributed by atoms with E-state index in [2.05, 4.69) is 36.4 Å². The first-order valence-corrected chi connectivity index (χ1v) is 6.22. The molecule has 0 spiro atoms. The predicted molar refractivity (Wildman–Crippen MR) is 71.2 cm³/mol. The van der Waals surface area contributed by atoms with Gasteiger partial charge in [-0.2, -0.15) is 4.98 Å². The molecule has 2 aromatic rings. The van der Waals surface area contributed by atoms with Crippen LogP contribution in [0.4, 0.5) is 10.3 Å². The van der Waals surface area contributed by atoms with Gasteiger partial charge in [0.15, 0.2) is 6.61 Å². The van der Waals surface area contributed by atoms with Crippen LogP contribution in [0.5, 0.6) is 11.8 Å². The van der Waals surface area contributed by atoms with Crippen molar-refractivity contribution in [3.05, 3.63) is 28.5 Å². The number of hydrogen-bond acceptors (Lipinski definition) is 5. The maximum Gasteiger partial charge on any atom is 0.336 e. The molecule has 2 rings (SSSR count). The summed E-state index contributed by atoms with van der Waals surface area (Å²) < 4.78 is 23.3. The van der Waals surface area contributed by atoms with Gasteiger partial charge in [-0.1, -0.05) is 0 Å². The monoisotopic (exact) mass is 344 g/mol. The van der Waals surface area contributed by atoms with Crippen molar-refractivity contribution in [2.75, 3.05) is 19.0 Å². The Morgan fingerprint density at radius 3 is 3.00 bits per heavy atom. The summed E-state index contributed by atoms with van der Waals surface area (Å²) >= 11 is 3.13. The lowest BCUT2D eigenvalue weighted by molar-refractivity contribution is -0.118. The van der Waals surface area contributed by atoms with Crippen molar-refractivity contribution in [2.45, 2.75) is 0 Å². The largest absolute Gasteiger partial charge is 0.483 e. The van der Waals surface area contributed by atoms with E-state index in [1.165, 1.54) is 25.3 Å². The van der Waals surface area contributed by atoms with Crippen molar-refractivity contribution < 1.29 is 18.7 Å². The van der Waals surface area contributed by atoms with Crippen molar-refractivity contribution in [3.8, 4) is 11.8 Å². The number of carbonyl (C=O) groups excluding carboxylic acids is 1. The molecule has 106 valence electrons. The van der Waals surface area contributed by atoms with E-state index < -0.39 is 11.7 Å². The van der Waals surface area contributed by atoms with E-state index in [0.717, 1.165) is 0 Å². The van der Waals surface area contributed by atoms with E-state index in [4.69, 9.17) is 9.47 Å². The van der Waals surface area contributed by atoms with Crippen LogP contribution in [0.25, 0.3) is 0 Å². The minimum absolute atomic E-state index is 0.113. The first-order valence-electron chi connectivity index (χ1n) is 5.42. The molecule has 0 bridgehead atoms. The number of H-pyrrole nitrogens is 1. The van der Waals surface area contributed by atoms with Gasteiger partial charge < -0.3 is 9.47 Å². The average Bonchev–Trinajstić information content (AvgIpc) is 2.85. The van der Waals surface area contributed by atoms with Crippen molar-refractivity contribution in [1.29, 1.82) is 0 Å². The van der Waals surface area contributed by atoms with Crippen molar-refractivity contribution in [3.63, 3.8) is 0 Å². The van der Waals surface area contributed by atoms with Gasteiger partial charge in [0, 0.05) is 0 Å². The number of amides is 1. The number of benzene rings is 1. The summed E-state index contributed by atoms with van der Waals surface area (Å²) in [6.45, 7) is -0.257. The highest BCUT2D eigenvalue weighted by molar-refractivity contribution is 9.10. The summed E-state index contributed by atoms with van der Waals surface area (Å²) in [7, 11) is 1.41. The van der Waals surface area contributed by atoms with Crippen molar-refractivity contribution in [1.82, 2.24) is 15.2 Å². The number of nitrogens with zero attached hydrogens (tertiary/aromatic N) is 2. The molecule has 2 N–H and O–H groups in total. The average molecular weight is 345 g/mol. The number of anilines is 1. The zero-order valence-corrected chi connectivity index (χ0v) is 11.9. The highest BCUT2D eigenvalue weighted by Gasteiger charge is 2.09. The number of aromatic nitrogens is 3. The molecular weight excluding hydrogens is 335 g/mol. The summed E-state index contributed by atoms with van der Waals surface area (Å²) in [4.78, 5) is 15.4. The number of ether oxygens (including phenoxy) is 2. The van der Waals surface area contributed by atoms with Gasteiger partial charge in [0.1, 0.15) is 11.6 Å². The molecular formula is C11H10BrFN4O3. The molecule has 1 aromatic heterocycles. The Balaban J connectivity index is 1.88. The Bertz CT molecular complexity index is 619. The molecule has 1 heterocycles. The minimum Gasteiger partial charge on any atom is -0.483 e. The van der Waals surface area contributed by atoms with E-state index in [0.29, 0.717) is 10.2 Å². The molecule has 0 aliphatic heterocycles. The number of halogens is 2. The maximum atomic E-state index is 12.9. The molecule has 7 nitrogen and oxygen atoms in total. The molecule has 20 heavy (non-hydrogen) atoms. The Morgan fingerprint density at radius 2 is 2.35 bits per heavy atom. The van der Waals surface area contributed by atoms with Crippen LogP contribution in [0.15, 0.2) is 22.7 Å². The molecule has 1 aromatic carbocycles. The summed E-state index contributed by atoms with van der Waals surface area (Å²) in [5.74, 6) is -0.340. The van der Waals surface area contributed by atoms with Gasteiger partial charge in [-0.3, -0.25) is 10.1 Å². The van der Waals surface area contributed by atoms with E-state index >= 15 is 0 Å². The molecule has 0 fully saturated rings. The molecule has 1 amide bonds. The third-order valence-electron chi connectivity index (χ3n) is 2.16. The molecule has 9 heteroatoms. The summed E-state index contributed by atoms with van der Waals surface area (Å²) in [6, 6.07) is 4.01. The van der Waals surface area contributed by atoms with E-state index in [-0.39, 0.29) is 18.6 Å². The summed E-state index contributed by atoms with van der Waals surface area (Å²) in [5.41, 5.74) is 0. The van der Waals surface area contributed by atoms with Gasteiger partial charge in [0.2, 0.25) is 5.95 Å². The van der Waals surface area contributed by atoms with Crippen LogP contribution in [-0.2, 0) is 4.79 Å². The lowest BCUT2D eigenvalue weighted by Gasteiger charge is -2.07. The molecule has 0 saturated heterocycles. The molecule has 0 aliphatic carbocycles. The quantitative estimate of drug-likeness (QED) is 0.862. The topological polar surface area (TPSA) is 89.1 Å². The Hall–Kier alpha value is -2.16. The second-order valence-electron chi connectivity index (χ2n) is 3.58. The zero-order valence-electron chi connectivity index (χ0n) is 10.3. The van der Waals surface area contributed by atoms with E-state index in [9.17, 15) is 9.18 Å².